The van der Waals surface area contributed by atoms with Crippen molar-refractivity contribution in [3.05, 3.63) is 71.8 Å². The van der Waals surface area contributed by atoms with E-state index in [0.29, 0.717) is 32.5 Å². The van der Waals surface area contributed by atoms with Crippen LogP contribution >= 0.6 is 0 Å². The van der Waals surface area contributed by atoms with Gasteiger partial charge in [0.2, 0.25) is 5.91 Å². The molecule has 2 aromatic rings. The maximum atomic E-state index is 11.9. The second-order valence-corrected chi connectivity index (χ2v) is 9.39. The highest BCUT2D eigenvalue weighted by Gasteiger charge is 2.29. The molecule has 2 aliphatic rings. The summed E-state index contributed by atoms with van der Waals surface area (Å²) < 4.78 is 10.4. The smallest absolute Gasteiger partial charge is 0.410 e. The van der Waals surface area contributed by atoms with Crippen molar-refractivity contribution in [1.82, 2.24) is 9.80 Å². The van der Waals surface area contributed by atoms with E-state index in [1.807, 2.05) is 60.7 Å². The first-order valence-electron chi connectivity index (χ1n) is 12.8. The number of amides is 3. The van der Waals surface area contributed by atoms with E-state index in [2.05, 4.69) is 0 Å². The molecule has 3 N–H and O–H groups in total. The number of nitrogens with zero attached hydrogens (tertiary/aromatic N) is 2. The number of rotatable bonds is 6. The van der Waals surface area contributed by atoms with Gasteiger partial charge in [0.1, 0.15) is 13.2 Å². The molecule has 204 valence electrons. The van der Waals surface area contributed by atoms with Gasteiger partial charge in [-0.1, -0.05) is 60.7 Å². The summed E-state index contributed by atoms with van der Waals surface area (Å²) in [7, 11) is 0. The van der Waals surface area contributed by atoms with Crippen LogP contribution in [0.5, 0.6) is 0 Å². The Morgan fingerprint density at radius 1 is 0.737 bits per heavy atom. The minimum absolute atomic E-state index is 0.216. The lowest BCUT2D eigenvalue weighted by Crippen LogP contribution is -2.44. The number of hydrogen-bond donors (Lipinski definition) is 2. The number of likely N-dealkylation sites (tertiary alicyclic amines) is 2. The molecule has 10 nitrogen and oxygen atoms in total. The van der Waals surface area contributed by atoms with E-state index in [1.54, 1.807) is 4.90 Å². The molecule has 38 heavy (non-hydrogen) atoms. The number of carbonyl (C=O) groups excluding carboxylic acids is 3. The molecule has 10 heteroatoms. The molecular formula is C28H35N3O7. The molecule has 2 unspecified atom stereocenters. The first kappa shape index (κ1) is 28.5. The number of piperidine rings is 2. The van der Waals surface area contributed by atoms with Crippen molar-refractivity contribution in [3.63, 3.8) is 0 Å². The number of carbonyl (C=O) groups is 4. The van der Waals surface area contributed by atoms with Crippen LogP contribution in [-0.2, 0) is 32.3 Å². The van der Waals surface area contributed by atoms with Gasteiger partial charge in [-0.25, -0.2) is 9.59 Å². The van der Waals surface area contributed by atoms with Gasteiger partial charge in [0.05, 0.1) is 11.8 Å². The minimum Gasteiger partial charge on any atom is -0.481 e. The lowest BCUT2D eigenvalue weighted by molar-refractivity contribution is -0.143. The Labute approximate surface area is 222 Å². The van der Waals surface area contributed by atoms with Crippen molar-refractivity contribution in [3.8, 4) is 0 Å². The van der Waals surface area contributed by atoms with Crippen molar-refractivity contribution in [2.24, 2.45) is 17.6 Å². The number of benzene rings is 2. The molecular weight excluding hydrogens is 490 g/mol. The van der Waals surface area contributed by atoms with Crippen LogP contribution in [0.25, 0.3) is 0 Å². The first-order valence-corrected chi connectivity index (χ1v) is 12.8. The molecule has 3 amide bonds. The molecule has 2 atom stereocenters. The zero-order valence-corrected chi connectivity index (χ0v) is 21.4. The van der Waals surface area contributed by atoms with E-state index in [9.17, 15) is 19.2 Å². The number of ether oxygens (including phenoxy) is 2. The molecule has 0 aromatic heterocycles. The Morgan fingerprint density at radius 3 is 1.58 bits per heavy atom. The lowest BCUT2D eigenvalue weighted by Gasteiger charge is -2.30. The fourth-order valence-electron chi connectivity index (χ4n) is 4.34. The van der Waals surface area contributed by atoms with Gasteiger partial charge in [-0.15, -0.1) is 0 Å². The summed E-state index contributed by atoms with van der Waals surface area (Å²) in [5, 5.41) is 8.97. The number of primary amides is 1. The second-order valence-electron chi connectivity index (χ2n) is 9.39. The van der Waals surface area contributed by atoms with Gasteiger partial charge in [0.15, 0.2) is 0 Å². The van der Waals surface area contributed by atoms with Crippen LogP contribution in [0, 0.1) is 11.8 Å². The van der Waals surface area contributed by atoms with Crippen LogP contribution in [0.2, 0.25) is 0 Å². The van der Waals surface area contributed by atoms with Gasteiger partial charge >= 0.3 is 18.2 Å². The molecule has 4 rings (SSSR count). The lowest BCUT2D eigenvalue weighted by atomic mass is 9.98. The molecule has 2 saturated heterocycles. The van der Waals surface area contributed by atoms with E-state index < -0.39 is 18.0 Å². The summed E-state index contributed by atoms with van der Waals surface area (Å²) in [6, 6.07) is 18.9. The van der Waals surface area contributed by atoms with E-state index in [4.69, 9.17) is 20.3 Å². The van der Waals surface area contributed by atoms with Crippen LogP contribution in [0.1, 0.15) is 36.8 Å². The number of carboxylic acid groups (broad SMARTS) is 1. The normalized spacial score (nSPS) is 18.9. The summed E-state index contributed by atoms with van der Waals surface area (Å²) in [5.74, 6) is -1.92. The van der Waals surface area contributed by atoms with Crippen LogP contribution in [0.3, 0.4) is 0 Å². The van der Waals surface area contributed by atoms with Gasteiger partial charge in [-0.05, 0) is 36.8 Å². The third-order valence-electron chi connectivity index (χ3n) is 6.52. The third kappa shape index (κ3) is 9.10. The van der Waals surface area contributed by atoms with E-state index in [0.717, 1.165) is 24.0 Å². The molecule has 2 aliphatic heterocycles. The molecule has 2 aromatic carbocycles. The fraction of sp³-hybridized carbons (Fsp3) is 0.429. The van der Waals surface area contributed by atoms with E-state index in [1.165, 1.54) is 4.90 Å². The van der Waals surface area contributed by atoms with Crippen molar-refractivity contribution in [2.45, 2.75) is 38.9 Å². The quantitative estimate of drug-likeness (QED) is 0.587. The highest BCUT2D eigenvalue weighted by molar-refractivity contribution is 5.78. The second kappa shape index (κ2) is 14.6. The molecule has 0 bridgehead atoms. The summed E-state index contributed by atoms with van der Waals surface area (Å²) in [6.07, 6.45) is 2.05. The summed E-state index contributed by atoms with van der Waals surface area (Å²) >= 11 is 0. The number of hydrogen-bond acceptors (Lipinski definition) is 6. The fourth-order valence-corrected chi connectivity index (χ4v) is 4.34. The Bertz CT molecular complexity index is 979. The van der Waals surface area contributed by atoms with Crippen LogP contribution in [-0.4, -0.2) is 65.1 Å². The molecule has 2 heterocycles. The average molecular weight is 526 g/mol. The van der Waals surface area contributed by atoms with Crippen molar-refractivity contribution in [2.75, 3.05) is 26.2 Å². The third-order valence-corrected chi connectivity index (χ3v) is 6.52. The van der Waals surface area contributed by atoms with Crippen LogP contribution in [0.4, 0.5) is 9.59 Å². The predicted molar refractivity (Wildman–Crippen MR) is 139 cm³/mol. The first-order chi connectivity index (χ1) is 18.3. The molecule has 0 spiro atoms. The highest BCUT2D eigenvalue weighted by Crippen LogP contribution is 2.18. The van der Waals surface area contributed by atoms with Gasteiger partial charge < -0.3 is 30.1 Å². The maximum absolute atomic E-state index is 11.9. The van der Waals surface area contributed by atoms with Crippen molar-refractivity contribution in [1.29, 1.82) is 0 Å². The largest absolute Gasteiger partial charge is 0.481 e. The van der Waals surface area contributed by atoms with Crippen molar-refractivity contribution >= 4 is 24.1 Å². The number of carboxylic acids is 1. The SMILES string of the molecule is NC(=O)C1CCCN(C(=O)OCc2ccccc2)C1.O=C(O)C1CCCN(C(=O)OCc2ccccc2)C1. The van der Waals surface area contributed by atoms with E-state index >= 15 is 0 Å². The van der Waals surface area contributed by atoms with Gasteiger partial charge in [0.25, 0.3) is 0 Å². The maximum Gasteiger partial charge on any atom is 0.410 e. The Balaban J connectivity index is 0.000000211. The van der Waals surface area contributed by atoms with Crippen molar-refractivity contribution < 1.29 is 33.8 Å². The van der Waals surface area contributed by atoms with Gasteiger partial charge in [-0.2, -0.15) is 0 Å². The summed E-state index contributed by atoms with van der Waals surface area (Å²) in [6.45, 7) is 2.26. The number of nitrogens with two attached hydrogens (primary N) is 1. The highest BCUT2D eigenvalue weighted by atomic mass is 16.6. The summed E-state index contributed by atoms with van der Waals surface area (Å²) in [4.78, 5) is 48.8. The number of aliphatic carboxylic acids is 1. The summed E-state index contributed by atoms with van der Waals surface area (Å²) in [5.41, 5.74) is 7.14. The monoisotopic (exact) mass is 525 g/mol. The Kier molecular flexibility index (Phi) is 11.0. The Morgan fingerprint density at radius 2 is 1.16 bits per heavy atom. The van der Waals surface area contributed by atoms with Crippen LogP contribution in [0.15, 0.2) is 60.7 Å². The molecule has 2 fully saturated rings. The zero-order valence-electron chi connectivity index (χ0n) is 21.4. The Hall–Kier alpha value is -4.08. The average Bonchev–Trinajstić information content (AvgIpc) is 2.96. The van der Waals surface area contributed by atoms with Gasteiger partial charge in [-0.3, -0.25) is 9.59 Å². The molecule has 0 aliphatic carbocycles. The predicted octanol–water partition coefficient (Wildman–Crippen LogP) is 3.64. The van der Waals surface area contributed by atoms with Gasteiger partial charge in [0, 0.05) is 26.2 Å². The molecule has 0 saturated carbocycles. The standard InChI is InChI=1S/C14H18N2O3.C14H17NO4/c15-13(17)12-7-4-8-16(9-12)14(18)19-10-11-5-2-1-3-6-11;16-13(17)12-7-4-8-15(9-12)14(18)19-10-11-5-2-1-3-6-11/h1-3,5-6,12H,4,7-10H2,(H2,15,17);1-3,5-6,12H,4,7-10H2,(H,16,17). The van der Waals surface area contributed by atoms with Crippen LogP contribution < -0.4 is 5.73 Å². The minimum atomic E-state index is -0.847. The zero-order chi connectivity index (χ0) is 27.3. The van der Waals surface area contributed by atoms with E-state index in [-0.39, 0.29) is 37.7 Å². The topological polar surface area (TPSA) is 139 Å². The molecule has 0 radical (unpaired) electrons.